The molecule has 1 aromatic heterocycles. The van der Waals surface area contributed by atoms with Gasteiger partial charge in [0.1, 0.15) is 0 Å². The Morgan fingerprint density at radius 1 is 1.43 bits per heavy atom. The fraction of sp³-hybridized carbons (Fsp3) is 0.471. The second-order valence-electron chi connectivity index (χ2n) is 5.91. The van der Waals surface area contributed by atoms with Crippen molar-refractivity contribution in [3.63, 3.8) is 0 Å². The molecule has 3 N–H and O–H groups in total. The van der Waals surface area contributed by atoms with Gasteiger partial charge in [-0.2, -0.15) is 0 Å². The highest BCUT2D eigenvalue weighted by atomic mass is 16.2. The van der Waals surface area contributed by atoms with Crippen LogP contribution >= 0.6 is 0 Å². The zero-order chi connectivity index (χ0) is 14.8. The Labute approximate surface area is 125 Å². The van der Waals surface area contributed by atoms with Gasteiger partial charge in [0.25, 0.3) is 0 Å². The Kier molecular flexibility index (Phi) is 3.97. The average molecular weight is 285 g/mol. The molecule has 0 saturated heterocycles. The number of nitrogens with one attached hydrogen (secondary N) is 1. The molecule has 4 heteroatoms. The SMILES string of the molecule is CCC(CN)CC(=O)N1CCc2[nH]c3ccccc3c2C1. The Morgan fingerprint density at radius 2 is 2.24 bits per heavy atom. The molecule has 1 unspecified atom stereocenters. The number of nitrogens with two attached hydrogens (primary N) is 1. The molecule has 2 aromatic rings. The molecule has 2 heterocycles. The number of aromatic nitrogens is 1. The second kappa shape index (κ2) is 5.90. The number of hydrogen-bond donors (Lipinski definition) is 2. The number of carbonyl (C=O) groups is 1. The molecule has 0 bridgehead atoms. The number of aromatic amines is 1. The van der Waals surface area contributed by atoms with Crippen LogP contribution in [-0.4, -0.2) is 28.9 Å². The molecule has 0 saturated carbocycles. The number of benzene rings is 1. The maximum absolute atomic E-state index is 12.5. The molecule has 4 nitrogen and oxygen atoms in total. The lowest BCUT2D eigenvalue weighted by Crippen LogP contribution is -2.37. The van der Waals surface area contributed by atoms with E-state index < -0.39 is 0 Å². The van der Waals surface area contributed by atoms with Crippen LogP contribution < -0.4 is 5.73 Å². The van der Waals surface area contributed by atoms with Gasteiger partial charge in [0.05, 0.1) is 0 Å². The predicted molar refractivity (Wildman–Crippen MR) is 84.9 cm³/mol. The van der Waals surface area contributed by atoms with Crippen LogP contribution in [0.4, 0.5) is 0 Å². The Balaban J connectivity index is 1.79. The van der Waals surface area contributed by atoms with Crippen molar-refractivity contribution < 1.29 is 4.79 Å². The highest BCUT2D eigenvalue weighted by Gasteiger charge is 2.24. The van der Waals surface area contributed by atoms with Gasteiger partial charge in [0, 0.05) is 48.1 Å². The molecule has 0 spiro atoms. The second-order valence-corrected chi connectivity index (χ2v) is 5.91. The Morgan fingerprint density at radius 3 is 3.00 bits per heavy atom. The van der Waals surface area contributed by atoms with E-state index in [-0.39, 0.29) is 5.91 Å². The Bertz CT molecular complexity index is 643. The zero-order valence-electron chi connectivity index (χ0n) is 12.6. The molecular formula is C17H23N3O. The van der Waals surface area contributed by atoms with Gasteiger partial charge in [-0.1, -0.05) is 31.5 Å². The van der Waals surface area contributed by atoms with Crippen LogP contribution in [-0.2, 0) is 17.8 Å². The van der Waals surface area contributed by atoms with Crippen molar-refractivity contribution in [2.45, 2.75) is 32.7 Å². The molecule has 1 aromatic carbocycles. The molecule has 0 radical (unpaired) electrons. The van der Waals surface area contributed by atoms with Gasteiger partial charge in [0.15, 0.2) is 0 Å². The lowest BCUT2D eigenvalue weighted by atomic mass is 10.00. The number of nitrogens with zero attached hydrogens (tertiary/aromatic N) is 1. The third-order valence-electron chi connectivity index (χ3n) is 4.61. The van der Waals surface area contributed by atoms with Crippen LogP contribution in [0.25, 0.3) is 10.9 Å². The standard InChI is InChI=1S/C17H23N3O/c1-2-12(10-18)9-17(21)20-8-7-16-14(11-20)13-5-3-4-6-15(13)19-16/h3-6,12,19H,2,7-11,18H2,1H3. The fourth-order valence-electron chi connectivity index (χ4n) is 3.15. The molecule has 1 aliphatic rings. The van der Waals surface area contributed by atoms with Crippen LogP contribution in [0.3, 0.4) is 0 Å². The minimum atomic E-state index is 0.239. The molecule has 1 aliphatic heterocycles. The number of H-pyrrole nitrogens is 1. The van der Waals surface area contributed by atoms with Crippen LogP contribution in [0.2, 0.25) is 0 Å². The maximum atomic E-state index is 12.5. The van der Waals surface area contributed by atoms with Gasteiger partial charge in [0.2, 0.25) is 5.91 Å². The van der Waals surface area contributed by atoms with Crippen molar-refractivity contribution in [3.8, 4) is 0 Å². The van der Waals surface area contributed by atoms with Crippen molar-refractivity contribution in [1.29, 1.82) is 0 Å². The molecule has 112 valence electrons. The number of fused-ring (bicyclic) bond motifs is 3. The van der Waals surface area contributed by atoms with E-state index in [1.54, 1.807) is 0 Å². The first kappa shape index (κ1) is 14.1. The highest BCUT2D eigenvalue weighted by Crippen LogP contribution is 2.28. The first-order chi connectivity index (χ1) is 10.2. The fourth-order valence-corrected chi connectivity index (χ4v) is 3.15. The van der Waals surface area contributed by atoms with E-state index in [1.807, 2.05) is 11.0 Å². The maximum Gasteiger partial charge on any atom is 0.223 e. The lowest BCUT2D eigenvalue weighted by Gasteiger charge is -2.28. The van der Waals surface area contributed by atoms with Crippen LogP contribution in [0.5, 0.6) is 0 Å². The molecule has 0 fully saturated rings. The van der Waals surface area contributed by atoms with Gasteiger partial charge >= 0.3 is 0 Å². The summed E-state index contributed by atoms with van der Waals surface area (Å²) in [6.45, 7) is 4.21. The average Bonchev–Trinajstić information content (AvgIpc) is 2.90. The summed E-state index contributed by atoms with van der Waals surface area (Å²) < 4.78 is 0. The minimum absolute atomic E-state index is 0.239. The van der Waals surface area contributed by atoms with Gasteiger partial charge in [-0.3, -0.25) is 4.79 Å². The monoisotopic (exact) mass is 285 g/mol. The first-order valence-corrected chi connectivity index (χ1v) is 7.79. The van der Waals surface area contributed by atoms with Crippen molar-refractivity contribution in [3.05, 3.63) is 35.5 Å². The summed E-state index contributed by atoms with van der Waals surface area (Å²) in [6.07, 6.45) is 2.45. The summed E-state index contributed by atoms with van der Waals surface area (Å²) >= 11 is 0. The summed E-state index contributed by atoms with van der Waals surface area (Å²) in [5.74, 6) is 0.546. The molecule has 1 atom stereocenters. The number of para-hydroxylation sites is 1. The summed E-state index contributed by atoms with van der Waals surface area (Å²) in [7, 11) is 0. The molecule has 0 aliphatic carbocycles. The van der Waals surface area contributed by atoms with Crippen molar-refractivity contribution in [1.82, 2.24) is 9.88 Å². The van der Waals surface area contributed by atoms with Gasteiger partial charge in [-0.15, -0.1) is 0 Å². The van der Waals surface area contributed by atoms with Gasteiger partial charge in [-0.05, 0) is 18.5 Å². The molecule has 21 heavy (non-hydrogen) atoms. The van der Waals surface area contributed by atoms with Gasteiger partial charge < -0.3 is 15.6 Å². The zero-order valence-corrected chi connectivity index (χ0v) is 12.6. The van der Waals surface area contributed by atoms with E-state index in [0.29, 0.717) is 18.9 Å². The van der Waals surface area contributed by atoms with E-state index in [4.69, 9.17) is 5.73 Å². The topological polar surface area (TPSA) is 62.1 Å². The van der Waals surface area contributed by atoms with Crippen molar-refractivity contribution in [2.75, 3.05) is 13.1 Å². The summed E-state index contributed by atoms with van der Waals surface area (Å²) in [4.78, 5) is 17.9. The van der Waals surface area contributed by atoms with E-state index in [1.165, 1.54) is 22.2 Å². The normalized spacial score (nSPS) is 16.0. The smallest absolute Gasteiger partial charge is 0.223 e. The lowest BCUT2D eigenvalue weighted by molar-refractivity contribution is -0.133. The predicted octanol–water partition coefficient (Wildman–Crippen LogP) is 2.43. The van der Waals surface area contributed by atoms with E-state index in [9.17, 15) is 4.79 Å². The third-order valence-corrected chi connectivity index (χ3v) is 4.61. The molecule has 1 amide bonds. The van der Waals surface area contributed by atoms with Crippen molar-refractivity contribution in [2.24, 2.45) is 11.7 Å². The number of rotatable bonds is 4. The van der Waals surface area contributed by atoms with Crippen molar-refractivity contribution >= 4 is 16.8 Å². The van der Waals surface area contributed by atoms with E-state index >= 15 is 0 Å². The largest absolute Gasteiger partial charge is 0.358 e. The summed E-state index contributed by atoms with van der Waals surface area (Å²) in [5.41, 5.74) is 9.46. The van der Waals surface area contributed by atoms with Crippen LogP contribution in [0.15, 0.2) is 24.3 Å². The number of carbonyl (C=O) groups excluding carboxylic acids is 1. The Hall–Kier alpha value is -1.81. The number of amides is 1. The first-order valence-electron chi connectivity index (χ1n) is 7.79. The van der Waals surface area contributed by atoms with E-state index in [2.05, 4.69) is 30.1 Å². The summed E-state index contributed by atoms with van der Waals surface area (Å²) in [6, 6.07) is 8.33. The van der Waals surface area contributed by atoms with Gasteiger partial charge in [-0.25, -0.2) is 0 Å². The summed E-state index contributed by atoms with van der Waals surface area (Å²) in [5, 5.41) is 1.25. The quantitative estimate of drug-likeness (QED) is 0.906. The van der Waals surface area contributed by atoms with Crippen LogP contribution in [0, 0.1) is 5.92 Å². The van der Waals surface area contributed by atoms with Crippen LogP contribution in [0.1, 0.15) is 31.0 Å². The third kappa shape index (κ3) is 2.68. The highest BCUT2D eigenvalue weighted by molar-refractivity contribution is 5.86. The minimum Gasteiger partial charge on any atom is -0.358 e. The molecular weight excluding hydrogens is 262 g/mol. The molecule has 3 rings (SSSR count). The van der Waals surface area contributed by atoms with E-state index in [0.717, 1.165) is 25.9 Å². The number of hydrogen-bond acceptors (Lipinski definition) is 2.